The SMILES string of the molecule is CC(C)(C)NCCc1nc2ccccc2n1CC(F)(F)F. The van der Waals surface area contributed by atoms with Gasteiger partial charge in [-0.05, 0) is 32.9 Å². The third-order valence-corrected chi connectivity index (χ3v) is 3.07. The average Bonchev–Trinajstić information content (AvgIpc) is 2.64. The first-order valence-electron chi connectivity index (χ1n) is 6.92. The molecule has 0 saturated carbocycles. The van der Waals surface area contributed by atoms with Crippen LogP contribution in [0.3, 0.4) is 0 Å². The number of imidazole rings is 1. The summed E-state index contributed by atoms with van der Waals surface area (Å²) in [5.41, 5.74) is 1.06. The van der Waals surface area contributed by atoms with E-state index < -0.39 is 12.7 Å². The molecule has 0 spiro atoms. The number of nitrogens with zero attached hydrogens (tertiary/aromatic N) is 2. The zero-order valence-electron chi connectivity index (χ0n) is 12.5. The second-order valence-electron chi connectivity index (χ2n) is 6.14. The van der Waals surface area contributed by atoms with Gasteiger partial charge in [0.25, 0.3) is 0 Å². The molecule has 0 aliphatic rings. The Hall–Kier alpha value is -1.56. The molecule has 0 amide bonds. The Morgan fingerprint density at radius 3 is 2.43 bits per heavy atom. The van der Waals surface area contributed by atoms with Crippen molar-refractivity contribution in [3.05, 3.63) is 30.1 Å². The van der Waals surface area contributed by atoms with Crippen LogP contribution in [0.4, 0.5) is 13.2 Å². The lowest BCUT2D eigenvalue weighted by Gasteiger charge is -2.20. The van der Waals surface area contributed by atoms with Gasteiger partial charge in [0.1, 0.15) is 12.4 Å². The highest BCUT2D eigenvalue weighted by atomic mass is 19.4. The lowest BCUT2D eigenvalue weighted by molar-refractivity contribution is -0.140. The smallest absolute Gasteiger partial charge is 0.319 e. The quantitative estimate of drug-likeness (QED) is 0.936. The maximum atomic E-state index is 12.8. The highest BCUT2D eigenvalue weighted by molar-refractivity contribution is 5.75. The Morgan fingerprint density at radius 1 is 1.14 bits per heavy atom. The van der Waals surface area contributed by atoms with E-state index in [2.05, 4.69) is 10.3 Å². The topological polar surface area (TPSA) is 29.9 Å². The number of benzene rings is 1. The second-order valence-corrected chi connectivity index (χ2v) is 6.14. The van der Waals surface area contributed by atoms with Crippen LogP contribution in [0, 0.1) is 0 Å². The summed E-state index contributed by atoms with van der Waals surface area (Å²) in [6.45, 7) is 5.64. The molecule has 6 heteroatoms. The van der Waals surface area contributed by atoms with Gasteiger partial charge < -0.3 is 9.88 Å². The van der Waals surface area contributed by atoms with E-state index in [0.717, 1.165) is 0 Å². The Labute approximate surface area is 122 Å². The third kappa shape index (κ3) is 4.46. The normalized spacial score (nSPS) is 13.0. The van der Waals surface area contributed by atoms with Gasteiger partial charge in [0.15, 0.2) is 0 Å². The molecule has 0 aliphatic carbocycles. The van der Waals surface area contributed by atoms with Crippen molar-refractivity contribution >= 4 is 11.0 Å². The Balaban J connectivity index is 2.27. The highest BCUT2D eigenvalue weighted by Gasteiger charge is 2.30. The zero-order valence-corrected chi connectivity index (χ0v) is 12.5. The summed E-state index contributed by atoms with van der Waals surface area (Å²) < 4.78 is 39.6. The number of halogens is 3. The number of nitrogens with one attached hydrogen (secondary N) is 1. The van der Waals surface area contributed by atoms with Gasteiger partial charge in [-0.15, -0.1) is 0 Å². The standard InChI is InChI=1S/C15H20F3N3/c1-14(2,3)19-9-8-13-20-11-6-4-5-7-12(11)21(13)10-15(16,17)18/h4-7,19H,8-10H2,1-3H3. The second kappa shape index (κ2) is 5.67. The first kappa shape index (κ1) is 15.8. The van der Waals surface area contributed by atoms with E-state index in [1.165, 1.54) is 4.57 Å². The molecule has 21 heavy (non-hydrogen) atoms. The van der Waals surface area contributed by atoms with E-state index >= 15 is 0 Å². The van der Waals surface area contributed by atoms with Gasteiger partial charge in [-0.3, -0.25) is 0 Å². The molecule has 0 radical (unpaired) electrons. The van der Waals surface area contributed by atoms with E-state index in [0.29, 0.717) is 29.8 Å². The minimum absolute atomic E-state index is 0.0686. The Morgan fingerprint density at radius 2 is 1.81 bits per heavy atom. The minimum Gasteiger partial charge on any atom is -0.319 e. The van der Waals surface area contributed by atoms with Gasteiger partial charge in [-0.2, -0.15) is 13.2 Å². The van der Waals surface area contributed by atoms with Crippen molar-refractivity contribution in [2.75, 3.05) is 6.54 Å². The zero-order chi connectivity index (χ0) is 15.7. The molecule has 1 aromatic carbocycles. The van der Waals surface area contributed by atoms with Crippen LogP contribution in [-0.2, 0) is 13.0 Å². The molecule has 3 nitrogen and oxygen atoms in total. The number of fused-ring (bicyclic) bond motifs is 1. The van der Waals surface area contributed by atoms with Gasteiger partial charge in [-0.1, -0.05) is 12.1 Å². The summed E-state index contributed by atoms with van der Waals surface area (Å²) in [5, 5.41) is 3.27. The molecule has 2 aromatic rings. The van der Waals surface area contributed by atoms with E-state index in [1.807, 2.05) is 20.8 Å². The molecule has 1 N–H and O–H groups in total. The maximum Gasteiger partial charge on any atom is 0.406 e. The number of para-hydroxylation sites is 2. The molecule has 1 heterocycles. The number of hydrogen-bond acceptors (Lipinski definition) is 2. The van der Waals surface area contributed by atoms with Gasteiger partial charge in [0, 0.05) is 18.5 Å². The molecular formula is C15H20F3N3. The molecule has 0 atom stereocenters. The number of alkyl halides is 3. The van der Waals surface area contributed by atoms with Crippen molar-refractivity contribution in [1.82, 2.24) is 14.9 Å². The first-order valence-corrected chi connectivity index (χ1v) is 6.92. The van der Waals surface area contributed by atoms with Crippen molar-refractivity contribution in [3.63, 3.8) is 0 Å². The van der Waals surface area contributed by atoms with E-state index in [1.54, 1.807) is 24.3 Å². The van der Waals surface area contributed by atoms with Crippen LogP contribution < -0.4 is 5.32 Å². The molecular weight excluding hydrogens is 279 g/mol. The summed E-state index contributed by atoms with van der Waals surface area (Å²) in [4.78, 5) is 4.34. The Bertz CT molecular complexity index is 609. The van der Waals surface area contributed by atoms with Crippen molar-refractivity contribution in [2.45, 2.75) is 45.5 Å². The van der Waals surface area contributed by atoms with Gasteiger partial charge in [-0.25, -0.2) is 4.98 Å². The Kier molecular flexibility index (Phi) is 4.27. The molecule has 0 aliphatic heterocycles. The summed E-state index contributed by atoms with van der Waals surface area (Å²) in [6.07, 6.45) is -3.79. The number of aromatic nitrogens is 2. The average molecular weight is 299 g/mol. The van der Waals surface area contributed by atoms with Crippen LogP contribution in [0.1, 0.15) is 26.6 Å². The predicted molar refractivity (Wildman–Crippen MR) is 77.2 cm³/mol. The molecule has 2 rings (SSSR count). The molecule has 0 fully saturated rings. The predicted octanol–water partition coefficient (Wildman–Crippen LogP) is 3.53. The summed E-state index contributed by atoms with van der Waals surface area (Å²) in [6, 6.07) is 6.93. The number of rotatable bonds is 4. The maximum absolute atomic E-state index is 12.8. The molecule has 0 unspecified atom stereocenters. The van der Waals surface area contributed by atoms with Gasteiger partial charge in [0.05, 0.1) is 11.0 Å². The lowest BCUT2D eigenvalue weighted by Crippen LogP contribution is -2.37. The summed E-state index contributed by atoms with van der Waals surface area (Å²) in [5.74, 6) is 0.463. The highest BCUT2D eigenvalue weighted by Crippen LogP contribution is 2.23. The van der Waals surface area contributed by atoms with Crippen LogP contribution >= 0.6 is 0 Å². The monoisotopic (exact) mass is 299 g/mol. The van der Waals surface area contributed by atoms with Crippen molar-refractivity contribution in [2.24, 2.45) is 0 Å². The first-order chi connectivity index (χ1) is 9.66. The van der Waals surface area contributed by atoms with Crippen molar-refractivity contribution in [3.8, 4) is 0 Å². The minimum atomic E-state index is -4.25. The van der Waals surface area contributed by atoms with Gasteiger partial charge >= 0.3 is 6.18 Å². The van der Waals surface area contributed by atoms with Crippen molar-refractivity contribution < 1.29 is 13.2 Å². The lowest BCUT2D eigenvalue weighted by atomic mass is 10.1. The summed E-state index contributed by atoms with van der Waals surface area (Å²) in [7, 11) is 0. The summed E-state index contributed by atoms with van der Waals surface area (Å²) >= 11 is 0. The number of hydrogen-bond donors (Lipinski definition) is 1. The fourth-order valence-corrected chi connectivity index (χ4v) is 2.22. The van der Waals surface area contributed by atoms with E-state index in [9.17, 15) is 13.2 Å². The molecule has 1 aromatic heterocycles. The van der Waals surface area contributed by atoms with Crippen LogP contribution in [0.15, 0.2) is 24.3 Å². The third-order valence-electron chi connectivity index (χ3n) is 3.07. The van der Waals surface area contributed by atoms with Gasteiger partial charge in [0.2, 0.25) is 0 Å². The van der Waals surface area contributed by atoms with Crippen LogP contribution in [-0.4, -0.2) is 27.8 Å². The molecule has 0 bridgehead atoms. The molecule has 116 valence electrons. The van der Waals surface area contributed by atoms with E-state index in [4.69, 9.17) is 0 Å². The largest absolute Gasteiger partial charge is 0.406 e. The van der Waals surface area contributed by atoms with E-state index in [-0.39, 0.29) is 5.54 Å². The fraction of sp³-hybridized carbons (Fsp3) is 0.533. The van der Waals surface area contributed by atoms with Crippen LogP contribution in [0.25, 0.3) is 11.0 Å². The fourth-order valence-electron chi connectivity index (χ4n) is 2.22. The molecule has 0 saturated heterocycles. The van der Waals surface area contributed by atoms with Crippen molar-refractivity contribution in [1.29, 1.82) is 0 Å². The van der Waals surface area contributed by atoms with Crippen LogP contribution in [0.5, 0.6) is 0 Å². The van der Waals surface area contributed by atoms with Crippen LogP contribution in [0.2, 0.25) is 0 Å².